The van der Waals surface area contributed by atoms with Crippen molar-refractivity contribution in [3.05, 3.63) is 48.0 Å². The second-order valence-electron chi connectivity index (χ2n) is 3.32. The van der Waals surface area contributed by atoms with Gasteiger partial charge >= 0.3 is 0 Å². The van der Waals surface area contributed by atoms with Gasteiger partial charge in [-0.25, -0.2) is 0 Å². The Kier molecular flexibility index (Phi) is 3.71. The molecule has 1 aromatic rings. The lowest BCUT2D eigenvalue weighted by atomic mass is 10.1. The molecule has 0 aliphatic rings. The van der Waals surface area contributed by atoms with Crippen LogP contribution in [0.3, 0.4) is 0 Å². The summed E-state index contributed by atoms with van der Waals surface area (Å²) in [5.41, 5.74) is 2.27. The number of ether oxygens (including phenoxy) is 1. The molecule has 0 aliphatic heterocycles. The number of rotatable bonds is 4. The molecule has 0 heterocycles. The van der Waals surface area contributed by atoms with Gasteiger partial charge in [0.2, 0.25) is 0 Å². The van der Waals surface area contributed by atoms with E-state index >= 15 is 0 Å². The lowest BCUT2D eigenvalue weighted by Crippen LogP contribution is -2.01. The molecule has 0 radical (unpaired) electrons. The molecule has 1 atom stereocenters. The van der Waals surface area contributed by atoms with E-state index in [2.05, 4.69) is 25.6 Å². The van der Waals surface area contributed by atoms with E-state index in [4.69, 9.17) is 4.74 Å². The van der Waals surface area contributed by atoms with Crippen LogP contribution in [-0.2, 0) is 4.74 Å². The molecule has 0 aromatic heterocycles. The van der Waals surface area contributed by atoms with Crippen LogP contribution in [0.2, 0.25) is 0 Å². The van der Waals surface area contributed by atoms with E-state index in [1.807, 2.05) is 25.1 Å². The predicted octanol–water partition coefficient (Wildman–Crippen LogP) is 3.34. The zero-order chi connectivity index (χ0) is 9.68. The summed E-state index contributed by atoms with van der Waals surface area (Å²) in [5.74, 6) is 0. The zero-order valence-electron chi connectivity index (χ0n) is 8.29. The summed E-state index contributed by atoms with van der Waals surface area (Å²) in [7, 11) is 0. The molecule has 70 valence electrons. The maximum Gasteiger partial charge on any atom is 0.0801 e. The van der Waals surface area contributed by atoms with Gasteiger partial charge < -0.3 is 4.74 Å². The Bertz CT molecular complexity index is 264. The minimum Gasteiger partial charge on any atom is -0.370 e. The lowest BCUT2D eigenvalue weighted by Gasteiger charge is -2.12. The molecule has 1 nitrogen and oxygen atoms in total. The first-order valence-corrected chi connectivity index (χ1v) is 4.51. The normalized spacial score (nSPS) is 12.5. The van der Waals surface area contributed by atoms with E-state index in [1.165, 1.54) is 5.56 Å². The molecule has 0 saturated heterocycles. The van der Waals surface area contributed by atoms with Gasteiger partial charge in [-0.15, -0.1) is 0 Å². The van der Waals surface area contributed by atoms with Crippen LogP contribution >= 0.6 is 0 Å². The molecule has 0 spiro atoms. The minimum absolute atomic E-state index is 0.151. The molecule has 13 heavy (non-hydrogen) atoms. The summed E-state index contributed by atoms with van der Waals surface area (Å²) in [6, 6.07) is 10.2. The van der Waals surface area contributed by atoms with Crippen LogP contribution in [-0.4, -0.2) is 6.61 Å². The van der Waals surface area contributed by atoms with Crippen LogP contribution in [0, 0.1) is 0 Å². The van der Waals surface area contributed by atoms with Crippen LogP contribution in [0.5, 0.6) is 0 Å². The molecule has 1 aromatic carbocycles. The molecular weight excluding hydrogens is 160 g/mol. The Balaban J connectivity index is 2.49. The molecule has 0 fully saturated rings. The van der Waals surface area contributed by atoms with Gasteiger partial charge in [-0.1, -0.05) is 42.5 Å². The monoisotopic (exact) mass is 176 g/mol. The van der Waals surface area contributed by atoms with Gasteiger partial charge in [0.1, 0.15) is 0 Å². The quantitative estimate of drug-likeness (QED) is 0.639. The summed E-state index contributed by atoms with van der Waals surface area (Å²) in [6.45, 7) is 8.45. The number of hydrogen-bond donors (Lipinski definition) is 0. The minimum atomic E-state index is 0.151. The first kappa shape index (κ1) is 10.0. The highest BCUT2D eigenvalue weighted by Crippen LogP contribution is 2.16. The van der Waals surface area contributed by atoms with Gasteiger partial charge in [-0.05, 0) is 19.4 Å². The standard InChI is InChI=1S/C12H16O/c1-10(2)9-13-11(3)12-7-5-4-6-8-12/h4-8,11H,1,9H2,2-3H3. The van der Waals surface area contributed by atoms with Crippen LogP contribution < -0.4 is 0 Å². The van der Waals surface area contributed by atoms with Crippen molar-refractivity contribution in [3.8, 4) is 0 Å². The summed E-state index contributed by atoms with van der Waals surface area (Å²) in [4.78, 5) is 0. The third-order valence-corrected chi connectivity index (χ3v) is 1.85. The second-order valence-corrected chi connectivity index (χ2v) is 3.32. The van der Waals surface area contributed by atoms with Gasteiger partial charge in [0.15, 0.2) is 0 Å². The van der Waals surface area contributed by atoms with Crippen molar-refractivity contribution >= 4 is 0 Å². The van der Waals surface area contributed by atoms with Gasteiger partial charge in [-0.3, -0.25) is 0 Å². The summed E-state index contributed by atoms with van der Waals surface area (Å²) in [5, 5.41) is 0. The highest BCUT2D eigenvalue weighted by Gasteiger charge is 2.03. The summed E-state index contributed by atoms with van der Waals surface area (Å²) < 4.78 is 5.59. The van der Waals surface area contributed by atoms with Crippen molar-refractivity contribution in [2.45, 2.75) is 20.0 Å². The Morgan fingerprint density at radius 3 is 2.54 bits per heavy atom. The van der Waals surface area contributed by atoms with Gasteiger partial charge in [0.05, 0.1) is 12.7 Å². The van der Waals surface area contributed by atoms with Crippen LogP contribution in [0.1, 0.15) is 25.5 Å². The highest BCUT2D eigenvalue weighted by molar-refractivity contribution is 5.16. The van der Waals surface area contributed by atoms with Gasteiger partial charge in [0, 0.05) is 0 Å². The Hall–Kier alpha value is -1.08. The average molecular weight is 176 g/mol. The van der Waals surface area contributed by atoms with E-state index in [0.29, 0.717) is 6.61 Å². The van der Waals surface area contributed by atoms with Crippen LogP contribution in [0.25, 0.3) is 0 Å². The van der Waals surface area contributed by atoms with E-state index < -0.39 is 0 Å². The molecule has 1 heteroatoms. The fraction of sp³-hybridized carbons (Fsp3) is 0.333. The fourth-order valence-corrected chi connectivity index (χ4v) is 1.09. The number of hydrogen-bond acceptors (Lipinski definition) is 1. The molecular formula is C12H16O. The van der Waals surface area contributed by atoms with Crippen molar-refractivity contribution in [2.24, 2.45) is 0 Å². The summed E-state index contributed by atoms with van der Waals surface area (Å²) in [6.07, 6.45) is 0.151. The van der Waals surface area contributed by atoms with Crippen molar-refractivity contribution in [1.82, 2.24) is 0 Å². The lowest BCUT2D eigenvalue weighted by molar-refractivity contribution is 0.0838. The largest absolute Gasteiger partial charge is 0.370 e. The second kappa shape index (κ2) is 4.83. The molecule has 1 unspecified atom stereocenters. The van der Waals surface area contributed by atoms with Crippen molar-refractivity contribution in [2.75, 3.05) is 6.61 Å². The van der Waals surface area contributed by atoms with Crippen LogP contribution in [0.15, 0.2) is 42.5 Å². The maximum atomic E-state index is 5.59. The van der Waals surface area contributed by atoms with E-state index in [-0.39, 0.29) is 6.10 Å². The Morgan fingerprint density at radius 1 is 1.38 bits per heavy atom. The zero-order valence-corrected chi connectivity index (χ0v) is 8.29. The van der Waals surface area contributed by atoms with Crippen molar-refractivity contribution in [1.29, 1.82) is 0 Å². The molecule has 1 rings (SSSR count). The maximum absolute atomic E-state index is 5.59. The Morgan fingerprint density at radius 2 is 2.00 bits per heavy atom. The highest BCUT2D eigenvalue weighted by atomic mass is 16.5. The molecule has 0 bridgehead atoms. The third-order valence-electron chi connectivity index (χ3n) is 1.85. The van der Waals surface area contributed by atoms with Crippen molar-refractivity contribution in [3.63, 3.8) is 0 Å². The van der Waals surface area contributed by atoms with Crippen LogP contribution in [0.4, 0.5) is 0 Å². The first-order chi connectivity index (χ1) is 6.20. The third kappa shape index (κ3) is 3.43. The molecule has 0 amide bonds. The topological polar surface area (TPSA) is 9.23 Å². The van der Waals surface area contributed by atoms with Gasteiger partial charge in [-0.2, -0.15) is 0 Å². The predicted molar refractivity (Wildman–Crippen MR) is 55.6 cm³/mol. The smallest absolute Gasteiger partial charge is 0.0801 e. The summed E-state index contributed by atoms with van der Waals surface area (Å²) >= 11 is 0. The van der Waals surface area contributed by atoms with Gasteiger partial charge in [0.25, 0.3) is 0 Å². The Labute approximate surface area is 80.0 Å². The molecule has 0 aliphatic carbocycles. The first-order valence-electron chi connectivity index (χ1n) is 4.51. The van der Waals surface area contributed by atoms with E-state index in [0.717, 1.165) is 5.57 Å². The van der Waals surface area contributed by atoms with Crippen molar-refractivity contribution < 1.29 is 4.74 Å². The average Bonchev–Trinajstić information content (AvgIpc) is 2.15. The molecule has 0 saturated carbocycles. The number of benzene rings is 1. The fourth-order valence-electron chi connectivity index (χ4n) is 1.09. The van der Waals surface area contributed by atoms with E-state index in [9.17, 15) is 0 Å². The SMILES string of the molecule is C=C(C)COC(C)c1ccccc1. The van der Waals surface area contributed by atoms with E-state index in [1.54, 1.807) is 0 Å². The molecule has 0 N–H and O–H groups in total.